The Bertz CT molecular complexity index is 774. The van der Waals surface area contributed by atoms with E-state index in [1.807, 2.05) is 0 Å². The Morgan fingerprint density at radius 3 is 1.21 bits per heavy atom. The third-order valence-electron chi connectivity index (χ3n) is 13.6. The van der Waals surface area contributed by atoms with Crippen LogP contribution in [0, 0.1) is 17.2 Å². The molecule has 0 saturated carbocycles. The first-order valence-corrected chi connectivity index (χ1v) is 26.3. The van der Waals surface area contributed by atoms with Crippen LogP contribution in [0.2, 0.25) is 0 Å². The lowest BCUT2D eigenvalue weighted by Crippen LogP contribution is -2.41. The molecule has 4 heteroatoms. The molecule has 0 aliphatic carbocycles. The topological polar surface area (TPSA) is 33.6 Å². The molecule has 56 heavy (non-hydrogen) atoms. The number of hydrogen-bond acceptors (Lipinski definition) is 3. The molecule has 0 aromatic heterocycles. The zero-order chi connectivity index (χ0) is 40.6. The van der Waals surface area contributed by atoms with Gasteiger partial charge in [-0.3, -0.25) is 5.41 Å². The first-order chi connectivity index (χ1) is 27.6. The van der Waals surface area contributed by atoms with Gasteiger partial charge in [-0.1, -0.05) is 227 Å². The van der Waals surface area contributed by atoms with Gasteiger partial charge >= 0.3 is 0 Å². The fraction of sp³-hybridized carbons (Fsp3) is 0.981. The van der Waals surface area contributed by atoms with E-state index in [2.05, 4.69) is 49.3 Å². The van der Waals surface area contributed by atoms with Crippen LogP contribution in [-0.4, -0.2) is 72.9 Å². The second-order valence-electron chi connectivity index (χ2n) is 18.8. The summed E-state index contributed by atoms with van der Waals surface area (Å²) in [5.74, 6) is 2.77. The number of nitrogens with one attached hydrogen (secondary N) is 1. The van der Waals surface area contributed by atoms with E-state index in [4.69, 9.17) is 5.41 Å². The van der Waals surface area contributed by atoms with E-state index in [0.29, 0.717) is 0 Å². The predicted octanol–water partition coefficient (Wildman–Crippen LogP) is 16.3. The summed E-state index contributed by atoms with van der Waals surface area (Å²) in [5, 5.41) is 9.15. The second kappa shape index (κ2) is 41.1. The van der Waals surface area contributed by atoms with Crippen LogP contribution in [0.1, 0.15) is 266 Å². The minimum Gasteiger partial charge on any atom is -0.360 e. The lowest BCUT2D eigenvalue weighted by Gasteiger charge is -2.35. The van der Waals surface area contributed by atoms with Crippen molar-refractivity contribution < 1.29 is 0 Å². The lowest BCUT2D eigenvalue weighted by atomic mass is 9.87. The number of piperidine rings is 1. The van der Waals surface area contributed by atoms with Crippen molar-refractivity contribution >= 4 is 5.84 Å². The molecule has 0 bridgehead atoms. The van der Waals surface area contributed by atoms with Gasteiger partial charge in [0, 0.05) is 39.1 Å². The van der Waals surface area contributed by atoms with Crippen LogP contribution in [0.4, 0.5) is 0 Å². The smallest absolute Gasteiger partial charge is 0.0970 e. The Labute approximate surface area is 354 Å². The van der Waals surface area contributed by atoms with E-state index in [1.165, 1.54) is 257 Å². The maximum Gasteiger partial charge on any atom is 0.0970 e. The molecule has 1 atom stereocenters. The minimum atomic E-state index is 0.891. The quantitative estimate of drug-likeness (QED) is 0.0380. The predicted molar refractivity (Wildman–Crippen MR) is 254 cm³/mol. The minimum absolute atomic E-state index is 0.891. The SMILES string of the molecule is CCCCCCCCCC(CC)CCCC1CCN(C(=N)CCN(CCCCCCCCC)CCN(CCCCCCCCC)CCCCCCCCC)CC1. The van der Waals surface area contributed by atoms with E-state index in [0.717, 1.165) is 43.7 Å². The Balaban J connectivity index is 2.55. The summed E-state index contributed by atoms with van der Waals surface area (Å²) in [7, 11) is 0. The molecule has 1 aliphatic rings. The molecule has 0 spiro atoms. The van der Waals surface area contributed by atoms with Crippen molar-refractivity contribution in [1.29, 1.82) is 5.41 Å². The van der Waals surface area contributed by atoms with E-state index in [-0.39, 0.29) is 0 Å². The molecular formula is C52H106N4. The maximum absolute atomic E-state index is 9.15. The summed E-state index contributed by atoms with van der Waals surface area (Å²) in [6, 6.07) is 0. The van der Waals surface area contributed by atoms with Crippen molar-refractivity contribution in [3.8, 4) is 0 Å². The monoisotopic (exact) mass is 787 g/mol. The van der Waals surface area contributed by atoms with E-state index < -0.39 is 0 Å². The summed E-state index contributed by atoms with van der Waals surface area (Å²) in [5.41, 5.74) is 0. The number of amidine groups is 1. The summed E-state index contributed by atoms with van der Waals surface area (Å²) in [4.78, 5) is 8.07. The van der Waals surface area contributed by atoms with Crippen LogP contribution in [0.3, 0.4) is 0 Å². The largest absolute Gasteiger partial charge is 0.360 e. The molecule has 0 amide bonds. The van der Waals surface area contributed by atoms with Crippen LogP contribution in [0.15, 0.2) is 0 Å². The van der Waals surface area contributed by atoms with Crippen LogP contribution in [0.5, 0.6) is 0 Å². The molecule has 1 unspecified atom stereocenters. The Hall–Kier alpha value is -0.610. The fourth-order valence-electron chi connectivity index (χ4n) is 9.38. The van der Waals surface area contributed by atoms with Gasteiger partial charge in [-0.25, -0.2) is 0 Å². The molecule has 1 fully saturated rings. The molecule has 1 rings (SSSR count). The zero-order valence-corrected chi connectivity index (χ0v) is 39.6. The molecule has 1 N–H and O–H groups in total. The molecule has 1 aliphatic heterocycles. The van der Waals surface area contributed by atoms with Crippen LogP contribution >= 0.6 is 0 Å². The van der Waals surface area contributed by atoms with Gasteiger partial charge in [-0.15, -0.1) is 0 Å². The Kier molecular flexibility index (Phi) is 39.2. The zero-order valence-electron chi connectivity index (χ0n) is 39.6. The van der Waals surface area contributed by atoms with Crippen molar-refractivity contribution in [2.45, 2.75) is 266 Å². The summed E-state index contributed by atoms with van der Waals surface area (Å²) < 4.78 is 0. The van der Waals surface area contributed by atoms with Crippen molar-refractivity contribution in [3.63, 3.8) is 0 Å². The van der Waals surface area contributed by atoms with Gasteiger partial charge in [-0.2, -0.15) is 0 Å². The summed E-state index contributed by atoms with van der Waals surface area (Å²) in [6.45, 7) is 21.3. The number of likely N-dealkylation sites (tertiary alicyclic amines) is 1. The highest BCUT2D eigenvalue weighted by Gasteiger charge is 2.22. The molecule has 1 heterocycles. The standard InChI is InChI=1S/C52H106N4/c1-6-11-15-19-23-27-31-36-50(10-5)37-35-38-51-39-46-56(47-40-51)52(53)41-45-55(44-34-30-26-22-18-14-9-4)49-48-54(42-32-28-24-20-16-12-7-2)43-33-29-25-21-17-13-8-3/h50-51,53H,6-49H2,1-5H3. The van der Waals surface area contributed by atoms with Gasteiger partial charge < -0.3 is 14.7 Å². The summed E-state index contributed by atoms with van der Waals surface area (Å²) in [6.07, 6.45) is 50.1. The fourth-order valence-corrected chi connectivity index (χ4v) is 9.38. The van der Waals surface area contributed by atoms with Crippen molar-refractivity contribution in [3.05, 3.63) is 0 Å². The normalized spacial score (nSPS) is 14.4. The number of unbranched alkanes of at least 4 members (excludes halogenated alkanes) is 24. The molecule has 334 valence electrons. The summed E-state index contributed by atoms with van der Waals surface area (Å²) >= 11 is 0. The van der Waals surface area contributed by atoms with Gasteiger partial charge in [0.05, 0.1) is 5.84 Å². The molecule has 0 aromatic rings. The molecule has 0 aromatic carbocycles. The third kappa shape index (κ3) is 32.3. The highest BCUT2D eigenvalue weighted by Crippen LogP contribution is 2.27. The third-order valence-corrected chi connectivity index (χ3v) is 13.6. The average Bonchev–Trinajstić information content (AvgIpc) is 3.22. The average molecular weight is 787 g/mol. The van der Waals surface area contributed by atoms with E-state index >= 15 is 0 Å². The molecule has 1 saturated heterocycles. The highest BCUT2D eigenvalue weighted by molar-refractivity contribution is 5.79. The molecular weight excluding hydrogens is 681 g/mol. The Morgan fingerprint density at radius 1 is 0.446 bits per heavy atom. The van der Waals surface area contributed by atoms with Crippen LogP contribution < -0.4 is 0 Å². The van der Waals surface area contributed by atoms with E-state index in [9.17, 15) is 0 Å². The number of hydrogen-bond donors (Lipinski definition) is 1. The lowest BCUT2D eigenvalue weighted by molar-refractivity contribution is 0.195. The van der Waals surface area contributed by atoms with Crippen molar-refractivity contribution in [2.24, 2.45) is 11.8 Å². The highest BCUT2D eigenvalue weighted by atomic mass is 15.2. The Morgan fingerprint density at radius 2 is 0.804 bits per heavy atom. The number of nitrogens with zero attached hydrogens (tertiary/aromatic N) is 3. The number of rotatable bonds is 43. The van der Waals surface area contributed by atoms with Crippen LogP contribution in [0.25, 0.3) is 0 Å². The first-order valence-electron chi connectivity index (χ1n) is 26.3. The van der Waals surface area contributed by atoms with Gasteiger partial charge in [-0.05, 0) is 63.6 Å². The second-order valence-corrected chi connectivity index (χ2v) is 18.8. The molecule has 0 radical (unpaired) electrons. The van der Waals surface area contributed by atoms with Crippen molar-refractivity contribution in [1.82, 2.24) is 14.7 Å². The maximum atomic E-state index is 9.15. The first kappa shape index (κ1) is 53.4. The van der Waals surface area contributed by atoms with Gasteiger partial charge in [0.15, 0.2) is 0 Å². The van der Waals surface area contributed by atoms with Gasteiger partial charge in [0.25, 0.3) is 0 Å². The van der Waals surface area contributed by atoms with Gasteiger partial charge in [0.2, 0.25) is 0 Å². The molecule has 4 nitrogen and oxygen atoms in total. The van der Waals surface area contributed by atoms with Gasteiger partial charge in [0.1, 0.15) is 0 Å². The van der Waals surface area contributed by atoms with E-state index in [1.54, 1.807) is 0 Å². The van der Waals surface area contributed by atoms with Crippen LogP contribution in [-0.2, 0) is 0 Å². The van der Waals surface area contributed by atoms with Crippen molar-refractivity contribution in [2.75, 3.05) is 52.4 Å².